The highest BCUT2D eigenvalue weighted by Gasteiger charge is 2.39. The summed E-state index contributed by atoms with van der Waals surface area (Å²) in [5.74, 6) is 0.711. The molecule has 4 aromatic carbocycles. The van der Waals surface area contributed by atoms with E-state index >= 15 is 0 Å². The number of para-hydroxylation sites is 1. The van der Waals surface area contributed by atoms with Gasteiger partial charge in [0.1, 0.15) is 5.75 Å². The van der Waals surface area contributed by atoms with Crippen molar-refractivity contribution < 1.29 is 12.9 Å². The third-order valence-corrected chi connectivity index (χ3v) is 12.0. The molecule has 6 nitrogen and oxygen atoms in total. The second-order valence-corrected chi connectivity index (χ2v) is 16.3. The fraction of sp³-hybridized carbons (Fsp3) is 0.200. The Hall–Kier alpha value is -2.90. The molecule has 0 aliphatic rings. The molecule has 202 valence electrons. The van der Waals surface area contributed by atoms with E-state index in [9.17, 15) is 8.42 Å². The highest BCUT2D eigenvalue weighted by Crippen LogP contribution is 2.62. The highest BCUT2D eigenvalue weighted by molar-refractivity contribution is 9.10. The molecule has 0 radical (unpaired) electrons. The molecular weight excluding hydrogens is 593 g/mol. The Morgan fingerprint density at radius 1 is 0.897 bits per heavy atom. The Labute approximate surface area is 238 Å². The maximum Gasteiger partial charge on any atom is 0.238 e. The van der Waals surface area contributed by atoms with Gasteiger partial charge in [0.05, 0.1) is 10.6 Å². The van der Waals surface area contributed by atoms with Crippen LogP contribution in [0, 0.1) is 0 Å². The van der Waals surface area contributed by atoms with Gasteiger partial charge in [-0.1, -0.05) is 54.9 Å². The molecule has 5 rings (SSSR count). The average molecular weight is 625 g/mol. The molecule has 1 heterocycles. The summed E-state index contributed by atoms with van der Waals surface area (Å²) in [6.07, 6.45) is 0. The monoisotopic (exact) mass is 623 g/mol. The first-order valence-electron chi connectivity index (χ1n) is 12.6. The molecular formula is C30H31BrN3O3PS. The van der Waals surface area contributed by atoms with Crippen LogP contribution in [0.4, 0.5) is 5.69 Å². The van der Waals surface area contributed by atoms with Crippen molar-refractivity contribution in [2.24, 2.45) is 9.88 Å². The lowest BCUT2D eigenvalue weighted by Gasteiger charge is -2.37. The molecule has 0 amide bonds. The molecule has 0 aliphatic heterocycles. The minimum Gasteiger partial charge on any atom is -0.455 e. The first-order chi connectivity index (χ1) is 18.4. The zero-order valence-electron chi connectivity index (χ0n) is 22.3. The first kappa shape index (κ1) is 27.7. The summed E-state index contributed by atoms with van der Waals surface area (Å²) in [6, 6.07) is 29.1. The van der Waals surface area contributed by atoms with E-state index in [1.807, 2.05) is 24.3 Å². The zero-order chi connectivity index (χ0) is 28.0. The number of fused-ring (bicyclic) bond motifs is 3. The number of halogens is 1. The van der Waals surface area contributed by atoms with Crippen LogP contribution in [0.15, 0.2) is 105 Å². The predicted molar refractivity (Wildman–Crippen MR) is 166 cm³/mol. The number of primary sulfonamides is 1. The van der Waals surface area contributed by atoms with Gasteiger partial charge >= 0.3 is 0 Å². The number of rotatable bonds is 6. The summed E-state index contributed by atoms with van der Waals surface area (Å²) in [5.41, 5.74) is 2.98. The van der Waals surface area contributed by atoms with E-state index in [-0.39, 0.29) is 4.90 Å². The Morgan fingerprint density at radius 2 is 1.54 bits per heavy atom. The Balaban J connectivity index is 1.82. The van der Waals surface area contributed by atoms with Crippen molar-refractivity contribution in [1.82, 2.24) is 4.57 Å². The van der Waals surface area contributed by atoms with Crippen molar-refractivity contribution >= 4 is 66.0 Å². The minimum absolute atomic E-state index is 0.0452. The van der Waals surface area contributed by atoms with E-state index < -0.39 is 22.5 Å². The topological polar surface area (TPSA) is 86.7 Å². The largest absolute Gasteiger partial charge is 0.455 e. The Kier molecular flexibility index (Phi) is 7.27. The van der Waals surface area contributed by atoms with Crippen LogP contribution in [0.3, 0.4) is 0 Å². The number of benzene rings is 4. The fourth-order valence-corrected chi connectivity index (χ4v) is 8.75. The molecule has 0 saturated heterocycles. The lowest BCUT2D eigenvalue weighted by molar-refractivity contribution is 0.571. The van der Waals surface area contributed by atoms with E-state index in [1.54, 1.807) is 12.1 Å². The second kappa shape index (κ2) is 10.3. The van der Waals surface area contributed by atoms with Crippen molar-refractivity contribution in [1.29, 1.82) is 0 Å². The smallest absolute Gasteiger partial charge is 0.238 e. The lowest BCUT2D eigenvalue weighted by atomic mass is 10.1. The molecule has 1 atom stereocenters. The molecule has 1 unspecified atom stereocenters. The zero-order valence-corrected chi connectivity index (χ0v) is 25.6. The molecule has 2 N–H and O–H groups in total. The first-order valence-corrected chi connectivity index (χ1v) is 16.6. The minimum atomic E-state index is -3.81. The molecule has 0 fully saturated rings. The van der Waals surface area contributed by atoms with Gasteiger partial charge in [0.25, 0.3) is 0 Å². The molecule has 39 heavy (non-hydrogen) atoms. The predicted octanol–water partition coefficient (Wildman–Crippen LogP) is 8.18. The van der Waals surface area contributed by atoms with Gasteiger partial charge in [-0.3, -0.25) is 0 Å². The average Bonchev–Trinajstić information content (AvgIpc) is 3.21. The van der Waals surface area contributed by atoms with Crippen molar-refractivity contribution in [3.8, 4) is 5.75 Å². The van der Waals surface area contributed by atoms with E-state index in [0.717, 1.165) is 27.2 Å². The fourth-order valence-electron chi connectivity index (χ4n) is 4.89. The summed E-state index contributed by atoms with van der Waals surface area (Å²) in [7, 11) is -6.62. The van der Waals surface area contributed by atoms with Crippen LogP contribution in [0.25, 0.3) is 21.8 Å². The molecule has 0 spiro atoms. The third-order valence-electron chi connectivity index (χ3n) is 6.80. The summed E-state index contributed by atoms with van der Waals surface area (Å²) < 4.78 is 39.3. The van der Waals surface area contributed by atoms with Gasteiger partial charge in [0.2, 0.25) is 10.0 Å². The van der Waals surface area contributed by atoms with Crippen LogP contribution < -0.4 is 15.0 Å². The molecule has 0 bridgehead atoms. The number of hydrogen-bond donors (Lipinski definition) is 1. The van der Waals surface area contributed by atoms with Crippen LogP contribution >= 0.6 is 23.2 Å². The van der Waals surface area contributed by atoms with Gasteiger partial charge in [-0.25, -0.2) is 18.3 Å². The summed E-state index contributed by atoms with van der Waals surface area (Å²) in [4.78, 5) is 0.0452. The molecule has 5 aromatic rings. The van der Waals surface area contributed by atoms with Crippen LogP contribution in [-0.2, 0) is 16.6 Å². The maximum absolute atomic E-state index is 11.9. The van der Waals surface area contributed by atoms with Gasteiger partial charge in [-0.2, -0.15) is 0 Å². The quantitative estimate of drug-likeness (QED) is 0.193. The van der Waals surface area contributed by atoms with Gasteiger partial charge in [0, 0.05) is 43.3 Å². The van der Waals surface area contributed by atoms with E-state index in [0.29, 0.717) is 11.4 Å². The number of nitrogens with zero attached hydrogens (tertiary/aromatic N) is 2. The van der Waals surface area contributed by atoms with Crippen LogP contribution in [-0.4, -0.2) is 18.1 Å². The van der Waals surface area contributed by atoms with E-state index in [1.165, 1.54) is 23.0 Å². The van der Waals surface area contributed by atoms with Crippen molar-refractivity contribution in [3.63, 3.8) is 0 Å². The van der Waals surface area contributed by atoms with Crippen LogP contribution in [0.5, 0.6) is 5.75 Å². The third kappa shape index (κ3) is 5.19. The van der Waals surface area contributed by atoms with Gasteiger partial charge in [0.15, 0.2) is 7.28 Å². The standard InChI is InChI=1S/C30H31BrN3O3PS/c1-5-34-28-9-7-6-8-26(28)27-20-24(16-19-29(27)34)38(30(2,3)4,37-23-14-10-21(31)11-15-23)33-22-12-17-25(18-13-22)39(32,35)36/h6-20H,5H2,1-4H3,(H2,32,35,36). The Morgan fingerprint density at radius 3 is 2.15 bits per heavy atom. The number of nitrogens with two attached hydrogens (primary N) is 1. The van der Waals surface area contributed by atoms with Crippen molar-refractivity contribution in [2.75, 3.05) is 0 Å². The number of aryl methyl sites for hydroxylation is 1. The van der Waals surface area contributed by atoms with Crippen molar-refractivity contribution in [2.45, 2.75) is 44.3 Å². The molecule has 9 heteroatoms. The van der Waals surface area contributed by atoms with Gasteiger partial charge in [-0.15, -0.1) is 0 Å². The number of sulfonamides is 1. The summed E-state index contributed by atoms with van der Waals surface area (Å²) in [6.45, 7) is 9.44. The second-order valence-electron chi connectivity index (χ2n) is 10.4. The number of aromatic nitrogens is 1. The number of hydrogen-bond acceptors (Lipinski definition) is 4. The molecule has 1 aromatic heterocycles. The van der Waals surface area contributed by atoms with Gasteiger partial charge in [-0.05, 0) is 79.7 Å². The summed E-state index contributed by atoms with van der Waals surface area (Å²) >= 11 is 3.51. The van der Waals surface area contributed by atoms with Crippen LogP contribution in [0.1, 0.15) is 27.7 Å². The van der Waals surface area contributed by atoms with E-state index in [4.69, 9.17) is 14.4 Å². The Bertz CT molecular complexity index is 1840. The molecule has 0 aliphatic carbocycles. The summed E-state index contributed by atoms with van der Waals surface area (Å²) in [5, 5.41) is 8.27. The normalized spacial score (nSPS) is 13.9. The molecule has 0 saturated carbocycles. The van der Waals surface area contributed by atoms with Gasteiger partial charge < -0.3 is 9.09 Å². The lowest BCUT2D eigenvalue weighted by Crippen LogP contribution is -2.27. The maximum atomic E-state index is 11.9. The van der Waals surface area contributed by atoms with Crippen LogP contribution in [0.2, 0.25) is 0 Å². The highest BCUT2D eigenvalue weighted by atomic mass is 79.9. The van der Waals surface area contributed by atoms with E-state index in [2.05, 4.69) is 90.7 Å². The SMILES string of the molecule is CCn1c2ccccc2c2cc(P(=Nc3ccc(S(N)(=O)=O)cc3)(Oc3ccc(Br)cc3)C(C)(C)C)ccc21. The van der Waals surface area contributed by atoms with Crippen molar-refractivity contribution in [3.05, 3.63) is 95.5 Å².